The number of nitrogens with one attached hydrogen (secondary N) is 2. The fourth-order valence-electron chi connectivity index (χ4n) is 2.36. The Kier molecular flexibility index (Phi) is 4.95. The lowest BCUT2D eigenvalue weighted by Crippen LogP contribution is -2.40. The maximum Gasteiger partial charge on any atom is 0.281 e. The van der Waals surface area contributed by atoms with Gasteiger partial charge in [-0.3, -0.25) is 9.59 Å². The van der Waals surface area contributed by atoms with Crippen LogP contribution < -0.4 is 10.6 Å². The maximum absolute atomic E-state index is 11.7. The van der Waals surface area contributed by atoms with Gasteiger partial charge in [0.2, 0.25) is 0 Å². The Morgan fingerprint density at radius 2 is 1.22 bits per heavy atom. The van der Waals surface area contributed by atoms with Crippen molar-refractivity contribution in [2.24, 2.45) is 10.2 Å². The fourth-order valence-corrected chi connectivity index (χ4v) is 2.36. The van der Waals surface area contributed by atoms with Crippen molar-refractivity contribution in [2.75, 3.05) is 13.1 Å². The minimum absolute atomic E-state index is 0.255. The molecule has 2 N–H and O–H groups in total. The number of azo groups is 1. The normalized spacial score (nSPS) is 29.3. The largest absolute Gasteiger partial charge is 0.306 e. The van der Waals surface area contributed by atoms with Crippen molar-refractivity contribution >= 4 is 11.8 Å². The molecule has 0 bridgehead atoms. The van der Waals surface area contributed by atoms with E-state index in [0.717, 1.165) is 51.6 Å². The van der Waals surface area contributed by atoms with Crippen LogP contribution in [0.15, 0.2) is 10.2 Å². The summed E-state index contributed by atoms with van der Waals surface area (Å²) in [5.74, 6) is -0.641. The van der Waals surface area contributed by atoms with Crippen LogP contribution in [0.5, 0.6) is 0 Å². The van der Waals surface area contributed by atoms with E-state index in [1.807, 2.05) is 0 Å². The van der Waals surface area contributed by atoms with Gasteiger partial charge in [-0.25, -0.2) is 0 Å². The second kappa shape index (κ2) is 6.70. The third-order valence-corrected chi connectivity index (χ3v) is 3.46. The van der Waals surface area contributed by atoms with Gasteiger partial charge in [0.15, 0.2) is 0 Å². The molecule has 2 aliphatic rings. The van der Waals surface area contributed by atoms with Gasteiger partial charge in [0.1, 0.15) is 0 Å². The van der Waals surface area contributed by atoms with Gasteiger partial charge in [0.25, 0.3) is 11.8 Å². The molecular weight excluding hydrogens is 232 g/mol. The van der Waals surface area contributed by atoms with Gasteiger partial charge >= 0.3 is 0 Å². The summed E-state index contributed by atoms with van der Waals surface area (Å²) in [5, 5.41) is 13.3. The van der Waals surface area contributed by atoms with Crippen LogP contribution in [0.4, 0.5) is 0 Å². The second-order valence-electron chi connectivity index (χ2n) is 4.88. The molecule has 2 aliphatic heterocycles. The minimum Gasteiger partial charge on any atom is -0.306 e. The van der Waals surface area contributed by atoms with E-state index in [0.29, 0.717) is 0 Å². The van der Waals surface area contributed by atoms with Crippen LogP contribution in [0.3, 0.4) is 0 Å². The first-order chi connectivity index (χ1) is 8.77. The van der Waals surface area contributed by atoms with Crippen LogP contribution in [0.2, 0.25) is 0 Å². The molecule has 18 heavy (non-hydrogen) atoms. The van der Waals surface area contributed by atoms with E-state index in [9.17, 15) is 9.59 Å². The summed E-state index contributed by atoms with van der Waals surface area (Å²) in [6.45, 7) is 1.67. The predicted molar refractivity (Wildman–Crippen MR) is 66.2 cm³/mol. The monoisotopic (exact) mass is 252 g/mol. The Morgan fingerprint density at radius 3 is 1.56 bits per heavy atom. The predicted octanol–water partition coefficient (Wildman–Crippen LogP) is 0.776. The van der Waals surface area contributed by atoms with E-state index in [-0.39, 0.29) is 23.9 Å². The Morgan fingerprint density at radius 1 is 0.778 bits per heavy atom. The van der Waals surface area contributed by atoms with Gasteiger partial charge in [0, 0.05) is 0 Å². The summed E-state index contributed by atoms with van der Waals surface area (Å²) < 4.78 is 0. The van der Waals surface area contributed by atoms with Gasteiger partial charge < -0.3 is 10.6 Å². The van der Waals surface area contributed by atoms with Crippen molar-refractivity contribution in [3.05, 3.63) is 0 Å². The van der Waals surface area contributed by atoms with Gasteiger partial charge in [0.05, 0.1) is 12.1 Å². The summed E-state index contributed by atoms with van der Waals surface area (Å²) in [6, 6.07) is -0.510. The van der Waals surface area contributed by atoms with Crippen molar-refractivity contribution in [2.45, 2.75) is 50.6 Å². The molecule has 2 heterocycles. The molecule has 0 aromatic rings. The van der Waals surface area contributed by atoms with Crippen LogP contribution in [0.25, 0.3) is 0 Å². The first-order valence-corrected chi connectivity index (χ1v) is 6.73. The van der Waals surface area contributed by atoms with Gasteiger partial charge in [-0.15, -0.1) is 10.2 Å². The lowest BCUT2D eigenvalue weighted by atomic mass is 10.0. The molecular formula is C12H20N4O2. The van der Waals surface area contributed by atoms with Gasteiger partial charge in [-0.2, -0.15) is 0 Å². The van der Waals surface area contributed by atoms with E-state index in [1.54, 1.807) is 0 Å². The summed E-state index contributed by atoms with van der Waals surface area (Å²) in [4.78, 5) is 23.4. The number of hydrogen-bond donors (Lipinski definition) is 2. The standard InChI is InChI=1S/C12H20N4O2/c17-11(9-5-1-3-7-13-9)15-16-12(18)10-6-2-4-8-14-10/h9-10,13-14H,1-8H2. The number of amides is 2. The molecule has 0 aromatic heterocycles. The van der Waals surface area contributed by atoms with Crippen LogP contribution in [-0.4, -0.2) is 37.0 Å². The van der Waals surface area contributed by atoms with Crippen molar-refractivity contribution in [3.8, 4) is 0 Å². The minimum atomic E-state index is -0.321. The zero-order valence-electron chi connectivity index (χ0n) is 10.5. The zero-order chi connectivity index (χ0) is 12.8. The third-order valence-electron chi connectivity index (χ3n) is 3.46. The topological polar surface area (TPSA) is 82.9 Å². The Labute approximate surface area is 107 Å². The highest BCUT2D eigenvalue weighted by molar-refractivity contribution is 5.87. The van der Waals surface area contributed by atoms with Crippen molar-refractivity contribution in [1.82, 2.24) is 10.6 Å². The van der Waals surface area contributed by atoms with Crippen LogP contribution in [0, 0.1) is 0 Å². The highest BCUT2D eigenvalue weighted by atomic mass is 16.2. The first kappa shape index (κ1) is 13.3. The molecule has 0 aliphatic carbocycles. The fraction of sp³-hybridized carbons (Fsp3) is 0.833. The molecule has 0 radical (unpaired) electrons. The molecule has 2 amide bonds. The SMILES string of the molecule is O=C(N=NC(=O)C1CCCCN1)C1CCCCN1. The van der Waals surface area contributed by atoms with Crippen molar-refractivity contribution in [1.29, 1.82) is 0 Å². The molecule has 2 atom stereocenters. The van der Waals surface area contributed by atoms with Crippen LogP contribution >= 0.6 is 0 Å². The number of piperidine rings is 2. The molecule has 6 nitrogen and oxygen atoms in total. The summed E-state index contributed by atoms with van der Waals surface area (Å²) in [6.07, 6.45) is 5.80. The third kappa shape index (κ3) is 3.68. The van der Waals surface area contributed by atoms with E-state index >= 15 is 0 Å². The maximum atomic E-state index is 11.7. The molecule has 2 saturated heterocycles. The Balaban J connectivity index is 1.81. The van der Waals surface area contributed by atoms with E-state index in [4.69, 9.17) is 0 Å². The number of carbonyl (C=O) groups excluding carboxylic acids is 2. The molecule has 6 heteroatoms. The lowest BCUT2D eigenvalue weighted by molar-refractivity contribution is -0.124. The Hall–Kier alpha value is -1.14. The van der Waals surface area contributed by atoms with Gasteiger partial charge in [-0.1, -0.05) is 12.8 Å². The highest BCUT2D eigenvalue weighted by Crippen LogP contribution is 2.10. The number of hydrogen-bond acceptors (Lipinski definition) is 4. The second-order valence-corrected chi connectivity index (χ2v) is 4.88. The molecule has 0 aromatic carbocycles. The van der Waals surface area contributed by atoms with E-state index in [2.05, 4.69) is 20.9 Å². The average Bonchev–Trinajstić information content (AvgIpc) is 2.46. The molecule has 2 rings (SSSR count). The quantitative estimate of drug-likeness (QED) is 0.711. The molecule has 0 spiro atoms. The van der Waals surface area contributed by atoms with Crippen molar-refractivity contribution in [3.63, 3.8) is 0 Å². The summed E-state index contributed by atoms with van der Waals surface area (Å²) in [5.41, 5.74) is 0. The van der Waals surface area contributed by atoms with Crippen molar-refractivity contribution < 1.29 is 9.59 Å². The molecule has 2 fully saturated rings. The summed E-state index contributed by atoms with van der Waals surface area (Å²) >= 11 is 0. The summed E-state index contributed by atoms with van der Waals surface area (Å²) in [7, 11) is 0. The highest BCUT2D eigenvalue weighted by Gasteiger charge is 2.23. The zero-order valence-corrected chi connectivity index (χ0v) is 10.5. The number of rotatable bonds is 2. The van der Waals surface area contributed by atoms with E-state index in [1.165, 1.54) is 0 Å². The smallest absolute Gasteiger partial charge is 0.281 e. The molecule has 100 valence electrons. The number of nitrogens with zero attached hydrogens (tertiary/aromatic N) is 2. The molecule has 2 unspecified atom stereocenters. The lowest BCUT2D eigenvalue weighted by Gasteiger charge is -2.20. The van der Waals surface area contributed by atoms with E-state index < -0.39 is 0 Å². The van der Waals surface area contributed by atoms with Crippen LogP contribution in [0.1, 0.15) is 38.5 Å². The Bertz CT molecular complexity index is 299. The number of carbonyl (C=O) groups is 2. The molecule has 0 saturated carbocycles. The average molecular weight is 252 g/mol. The van der Waals surface area contributed by atoms with Gasteiger partial charge in [-0.05, 0) is 38.8 Å². The van der Waals surface area contributed by atoms with Crippen LogP contribution in [-0.2, 0) is 9.59 Å². The first-order valence-electron chi connectivity index (χ1n) is 6.73.